The monoisotopic (exact) mass is 438 g/mol. The van der Waals surface area contributed by atoms with Crippen molar-refractivity contribution in [2.75, 3.05) is 7.11 Å². The average Bonchev–Trinajstić information content (AvgIpc) is 2.63. The van der Waals surface area contributed by atoms with Crippen molar-refractivity contribution in [1.29, 1.82) is 0 Å². The van der Waals surface area contributed by atoms with E-state index in [9.17, 15) is 0 Å². The van der Waals surface area contributed by atoms with Crippen LogP contribution in [-0.2, 0) is 4.43 Å². The number of hydrogen-bond donors (Lipinski definition) is 0. The van der Waals surface area contributed by atoms with E-state index in [1.807, 2.05) is 7.11 Å². The summed E-state index contributed by atoms with van der Waals surface area (Å²) in [6.45, 7) is 9.09. The number of halogens is 1. The van der Waals surface area contributed by atoms with Crippen molar-refractivity contribution < 1.29 is 4.43 Å². The molecule has 0 amide bonds. The van der Waals surface area contributed by atoms with Gasteiger partial charge in [-0.1, -0.05) is 97.4 Å². The summed E-state index contributed by atoms with van der Waals surface area (Å²) in [5.41, 5.74) is 3.80. The molecule has 3 aromatic carbocycles. The molecule has 3 heteroatoms. The van der Waals surface area contributed by atoms with Gasteiger partial charge < -0.3 is 4.43 Å². The first-order valence-corrected chi connectivity index (χ1v) is 12.0. The summed E-state index contributed by atoms with van der Waals surface area (Å²) in [4.78, 5) is 0. The molecule has 0 aliphatic heterocycles. The van der Waals surface area contributed by atoms with Gasteiger partial charge in [-0.15, -0.1) is 0 Å². The number of benzene rings is 3. The molecule has 0 fully saturated rings. The highest BCUT2D eigenvalue weighted by Crippen LogP contribution is 2.38. The van der Waals surface area contributed by atoms with Crippen molar-refractivity contribution in [3.05, 3.63) is 82.8 Å². The maximum Gasteiger partial charge on any atom is 0.261 e. The number of rotatable bonds is 4. The maximum absolute atomic E-state index is 6.53. The third kappa shape index (κ3) is 3.56. The zero-order valence-corrected chi connectivity index (χ0v) is 19.3. The van der Waals surface area contributed by atoms with Gasteiger partial charge in [-0.2, -0.15) is 0 Å². The molecule has 3 rings (SSSR count). The maximum atomic E-state index is 6.53. The van der Waals surface area contributed by atoms with Gasteiger partial charge in [-0.05, 0) is 51.2 Å². The van der Waals surface area contributed by atoms with Crippen LogP contribution in [0.15, 0.2) is 77.3 Å². The van der Waals surface area contributed by atoms with Gasteiger partial charge in [-0.25, -0.2) is 0 Å². The third-order valence-corrected chi connectivity index (χ3v) is 10.9. The molecule has 3 aromatic rings. The van der Waals surface area contributed by atoms with Crippen LogP contribution in [0.1, 0.15) is 26.3 Å². The van der Waals surface area contributed by atoms with E-state index < -0.39 is 8.32 Å². The SMILES string of the molecule is CO[Si](c1ccccc1)(c1ccccc1-c1ccc(Br)cc1C)C(C)(C)C. The predicted octanol–water partition coefficient (Wildman–Crippen LogP) is 5.93. The summed E-state index contributed by atoms with van der Waals surface area (Å²) in [7, 11) is -0.614. The predicted molar refractivity (Wildman–Crippen MR) is 123 cm³/mol. The van der Waals surface area contributed by atoms with E-state index in [-0.39, 0.29) is 5.04 Å². The van der Waals surface area contributed by atoms with Gasteiger partial charge in [-0.3, -0.25) is 0 Å². The molecule has 140 valence electrons. The van der Waals surface area contributed by atoms with Crippen LogP contribution in [0.2, 0.25) is 5.04 Å². The van der Waals surface area contributed by atoms with Crippen LogP contribution >= 0.6 is 15.9 Å². The average molecular weight is 439 g/mol. The smallest absolute Gasteiger partial charge is 0.261 e. The Labute approximate surface area is 172 Å². The zero-order valence-electron chi connectivity index (χ0n) is 16.7. The molecule has 0 saturated heterocycles. The molecule has 0 N–H and O–H groups in total. The van der Waals surface area contributed by atoms with E-state index in [1.54, 1.807) is 0 Å². The Kier molecular flexibility index (Phi) is 5.75. The van der Waals surface area contributed by atoms with Gasteiger partial charge in [0.1, 0.15) is 0 Å². The summed E-state index contributed by atoms with van der Waals surface area (Å²) in [5.74, 6) is 0. The van der Waals surface area contributed by atoms with E-state index in [0.717, 1.165) is 4.47 Å². The van der Waals surface area contributed by atoms with Crippen LogP contribution < -0.4 is 10.4 Å². The minimum Gasteiger partial charge on any atom is -0.411 e. The topological polar surface area (TPSA) is 9.23 Å². The Morgan fingerprint density at radius 1 is 0.815 bits per heavy atom. The first kappa shape index (κ1) is 20.1. The van der Waals surface area contributed by atoms with Crippen molar-refractivity contribution in [2.45, 2.75) is 32.7 Å². The summed E-state index contributed by atoms with van der Waals surface area (Å²) < 4.78 is 7.64. The lowest BCUT2D eigenvalue weighted by molar-refractivity contribution is 0.386. The first-order valence-electron chi connectivity index (χ1n) is 9.28. The lowest BCUT2D eigenvalue weighted by Crippen LogP contribution is -2.66. The Morgan fingerprint density at radius 3 is 2.04 bits per heavy atom. The van der Waals surface area contributed by atoms with E-state index in [2.05, 4.69) is 116 Å². The van der Waals surface area contributed by atoms with Crippen molar-refractivity contribution in [3.8, 4) is 11.1 Å². The molecule has 1 nitrogen and oxygen atoms in total. The van der Waals surface area contributed by atoms with Crippen LogP contribution in [0.4, 0.5) is 0 Å². The fourth-order valence-corrected chi connectivity index (χ4v) is 9.27. The van der Waals surface area contributed by atoms with Crippen LogP contribution in [0.3, 0.4) is 0 Å². The van der Waals surface area contributed by atoms with E-state index in [1.165, 1.54) is 27.1 Å². The van der Waals surface area contributed by atoms with Crippen molar-refractivity contribution in [1.82, 2.24) is 0 Å². The highest BCUT2D eigenvalue weighted by molar-refractivity contribution is 9.10. The number of hydrogen-bond acceptors (Lipinski definition) is 1. The van der Waals surface area contributed by atoms with Crippen molar-refractivity contribution in [3.63, 3.8) is 0 Å². The van der Waals surface area contributed by atoms with Crippen LogP contribution in [-0.4, -0.2) is 15.4 Å². The lowest BCUT2D eigenvalue weighted by Gasteiger charge is -2.43. The van der Waals surface area contributed by atoms with Gasteiger partial charge >= 0.3 is 0 Å². The van der Waals surface area contributed by atoms with E-state index in [4.69, 9.17) is 4.43 Å². The molecular formula is C24H27BrOSi. The Hall–Kier alpha value is -1.68. The third-order valence-electron chi connectivity index (χ3n) is 5.33. The second kappa shape index (κ2) is 7.74. The second-order valence-corrected chi connectivity index (χ2v) is 13.3. The molecule has 0 saturated carbocycles. The zero-order chi connectivity index (χ0) is 19.7. The Morgan fingerprint density at radius 2 is 1.44 bits per heavy atom. The summed E-state index contributed by atoms with van der Waals surface area (Å²) in [6.07, 6.45) is 0. The van der Waals surface area contributed by atoms with Crippen molar-refractivity contribution in [2.24, 2.45) is 0 Å². The fraction of sp³-hybridized carbons (Fsp3) is 0.250. The summed E-state index contributed by atoms with van der Waals surface area (Å²) in [5, 5.41) is 2.63. The quantitative estimate of drug-likeness (QED) is 0.458. The van der Waals surface area contributed by atoms with Gasteiger partial charge in [0.05, 0.1) is 0 Å². The minimum atomic E-state index is -2.50. The summed E-state index contributed by atoms with van der Waals surface area (Å²) in [6, 6.07) is 26.1. The Bertz CT molecular complexity index is 931. The molecule has 0 heterocycles. The molecule has 27 heavy (non-hydrogen) atoms. The molecular weight excluding hydrogens is 412 g/mol. The van der Waals surface area contributed by atoms with Crippen molar-refractivity contribution >= 4 is 34.6 Å². The molecule has 0 aliphatic carbocycles. The molecule has 0 spiro atoms. The molecule has 0 bridgehead atoms. The molecule has 0 radical (unpaired) electrons. The summed E-state index contributed by atoms with van der Waals surface area (Å²) >= 11 is 3.59. The van der Waals surface area contributed by atoms with E-state index in [0.29, 0.717) is 0 Å². The molecule has 1 unspecified atom stereocenters. The highest BCUT2D eigenvalue weighted by Gasteiger charge is 2.50. The van der Waals surface area contributed by atoms with Crippen LogP contribution in [0.25, 0.3) is 11.1 Å². The lowest BCUT2D eigenvalue weighted by atomic mass is 10.0. The minimum absolute atomic E-state index is 0.0114. The van der Waals surface area contributed by atoms with Gasteiger partial charge in [0.2, 0.25) is 0 Å². The van der Waals surface area contributed by atoms with Gasteiger partial charge in [0.25, 0.3) is 8.32 Å². The standard InChI is InChI=1S/C24H27BrOSi/c1-18-17-19(25)15-16-21(18)22-13-9-10-14-23(22)27(26-5,24(2,3)4)20-11-7-6-8-12-20/h6-17H,1-5H3. The second-order valence-electron chi connectivity index (χ2n) is 8.01. The number of aryl methyl sites for hydroxylation is 1. The largest absolute Gasteiger partial charge is 0.411 e. The molecule has 0 aliphatic rings. The first-order chi connectivity index (χ1) is 12.8. The molecule has 1 atom stereocenters. The van der Waals surface area contributed by atoms with Gasteiger partial charge in [0.15, 0.2) is 0 Å². The fourth-order valence-electron chi connectivity index (χ4n) is 4.15. The highest BCUT2D eigenvalue weighted by atomic mass is 79.9. The normalized spacial score (nSPS) is 14.0. The van der Waals surface area contributed by atoms with Crippen LogP contribution in [0, 0.1) is 6.92 Å². The Balaban J connectivity index is 2.36. The van der Waals surface area contributed by atoms with Gasteiger partial charge in [0, 0.05) is 11.6 Å². The van der Waals surface area contributed by atoms with E-state index >= 15 is 0 Å². The molecule has 0 aromatic heterocycles. The van der Waals surface area contributed by atoms with Crippen LogP contribution in [0.5, 0.6) is 0 Å².